The van der Waals surface area contributed by atoms with Crippen molar-refractivity contribution in [3.05, 3.63) is 34.7 Å². The van der Waals surface area contributed by atoms with E-state index in [0.717, 1.165) is 11.3 Å². The highest BCUT2D eigenvalue weighted by Gasteiger charge is 2.47. The lowest BCUT2D eigenvalue weighted by Gasteiger charge is -2.25. The average molecular weight is 445 g/mol. The van der Waals surface area contributed by atoms with Gasteiger partial charge in [0.1, 0.15) is 16.3 Å². The number of nitrogens with zero attached hydrogens (tertiary/aromatic N) is 4. The quantitative estimate of drug-likeness (QED) is 0.550. The summed E-state index contributed by atoms with van der Waals surface area (Å²) in [5.41, 5.74) is -0.984. The maximum Gasteiger partial charge on any atom is 0.421 e. The smallest absolute Gasteiger partial charge is 0.421 e. The van der Waals surface area contributed by atoms with Crippen LogP contribution >= 0.6 is 11.6 Å². The molecule has 0 aliphatic heterocycles. The van der Waals surface area contributed by atoms with E-state index in [1.807, 2.05) is 6.92 Å². The normalized spacial score (nSPS) is 14.9. The van der Waals surface area contributed by atoms with Crippen LogP contribution in [-0.2, 0) is 10.9 Å². The zero-order valence-corrected chi connectivity index (χ0v) is 17.3. The van der Waals surface area contributed by atoms with E-state index in [4.69, 9.17) is 21.1 Å². The van der Waals surface area contributed by atoms with Gasteiger partial charge < -0.3 is 9.47 Å². The van der Waals surface area contributed by atoms with Crippen LogP contribution in [0.4, 0.5) is 29.6 Å². The number of aromatic nitrogens is 3. The molecule has 0 N–H and O–H groups in total. The molecule has 3 rings (SSSR count). The molecule has 0 radical (unpaired) electrons. The van der Waals surface area contributed by atoms with Crippen LogP contribution in [0.15, 0.2) is 18.5 Å². The molecule has 2 heterocycles. The van der Waals surface area contributed by atoms with Crippen LogP contribution in [0, 0.1) is 6.92 Å². The van der Waals surface area contributed by atoms with E-state index in [0.29, 0.717) is 31.0 Å². The Morgan fingerprint density at radius 3 is 2.53 bits per heavy atom. The van der Waals surface area contributed by atoms with Gasteiger partial charge in [-0.1, -0.05) is 24.9 Å². The number of aryl methyl sites for hydroxylation is 1. The molecule has 1 fully saturated rings. The summed E-state index contributed by atoms with van der Waals surface area (Å²) in [7, 11) is 1.40. The molecule has 2 aromatic heterocycles. The lowest BCUT2D eigenvalue weighted by Crippen LogP contribution is -2.33. The summed E-state index contributed by atoms with van der Waals surface area (Å²) in [5.74, 6) is -0.150. The van der Waals surface area contributed by atoms with Crippen LogP contribution in [0.2, 0.25) is 5.15 Å². The van der Waals surface area contributed by atoms with Crippen molar-refractivity contribution in [3.63, 3.8) is 0 Å². The predicted molar refractivity (Wildman–Crippen MR) is 103 cm³/mol. The second-order valence-corrected chi connectivity index (χ2v) is 7.38. The van der Waals surface area contributed by atoms with Crippen molar-refractivity contribution >= 4 is 29.3 Å². The monoisotopic (exact) mass is 444 g/mol. The second-order valence-electron chi connectivity index (χ2n) is 7.02. The van der Waals surface area contributed by atoms with Gasteiger partial charge in [0, 0.05) is 18.5 Å². The molecule has 1 saturated carbocycles. The Labute approximate surface area is 176 Å². The summed E-state index contributed by atoms with van der Waals surface area (Å²) < 4.78 is 50.0. The highest BCUT2D eigenvalue weighted by atomic mass is 35.5. The molecule has 7 nitrogen and oxygen atoms in total. The van der Waals surface area contributed by atoms with Gasteiger partial charge in [0.15, 0.2) is 0 Å². The number of amides is 1. The largest absolute Gasteiger partial charge is 0.481 e. The van der Waals surface area contributed by atoms with E-state index in [1.165, 1.54) is 19.4 Å². The minimum Gasteiger partial charge on any atom is -0.481 e. The van der Waals surface area contributed by atoms with Crippen molar-refractivity contribution in [2.45, 2.75) is 51.3 Å². The van der Waals surface area contributed by atoms with Crippen LogP contribution in [0.5, 0.6) is 5.88 Å². The number of carbonyl (C=O) groups is 1. The summed E-state index contributed by atoms with van der Waals surface area (Å²) in [4.78, 5) is 25.6. The van der Waals surface area contributed by atoms with E-state index in [2.05, 4.69) is 15.0 Å². The molecule has 1 aliphatic carbocycles. The summed E-state index contributed by atoms with van der Waals surface area (Å²) in [6, 6.07) is 1.45. The van der Waals surface area contributed by atoms with E-state index >= 15 is 0 Å². The van der Waals surface area contributed by atoms with Gasteiger partial charge in [0.2, 0.25) is 11.8 Å². The van der Waals surface area contributed by atoms with Crippen molar-refractivity contribution in [3.8, 4) is 5.88 Å². The molecule has 1 aliphatic rings. The SMILES string of the molecule is CCCC1(OC(=O)N(c2ncc(C(F)(F)F)c(Cl)n2)c2cc(OC)ncc2C)CC1. The van der Waals surface area contributed by atoms with Gasteiger partial charge in [-0.3, -0.25) is 0 Å². The summed E-state index contributed by atoms with van der Waals surface area (Å²) >= 11 is 5.76. The fraction of sp³-hybridized carbons (Fsp3) is 0.474. The van der Waals surface area contributed by atoms with Crippen molar-refractivity contribution < 1.29 is 27.4 Å². The number of rotatable bonds is 6. The van der Waals surface area contributed by atoms with Crippen LogP contribution < -0.4 is 9.64 Å². The van der Waals surface area contributed by atoms with E-state index in [1.54, 1.807) is 6.92 Å². The molecule has 30 heavy (non-hydrogen) atoms. The predicted octanol–water partition coefficient (Wildman–Crippen LogP) is 5.47. The number of carbonyl (C=O) groups excluding carboxylic acids is 1. The lowest BCUT2D eigenvalue weighted by molar-refractivity contribution is -0.137. The van der Waals surface area contributed by atoms with Crippen LogP contribution in [0.3, 0.4) is 0 Å². The van der Waals surface area contributed by atoms with E-state index in [9.17, 15) is 18.0 Å². The second kappa shape index (κ2) is 8.25. The van der Waals surface area contributed by atoms with Crippen molar-refractivity contribution in [2.75, 3.05) is 12.0 Å². The maximum atomic E-state index is 13.1. The molecule has 1 amide bonds. The Morgan fingerprint density at radius 1 is 1.30 bits per heavy atom. The first-order chi connectivity index (χ1) is 14.1. The van der Waals surface area contributed by atoms with Crippen LogP contribution in [0.25, 0.3) is 0 Å². The van der Waals surface area contributed by atoms with E-state index < -0.39 is 28.6 Å². The molecule has 0 bridgehead atoms. The molecular weight excluding hydrogens is 425 g/mol. The number of hydrogen-bond acceptors (Lipinski definition) is 6. The Balaban J connectivity index is 2.06. The third kappa shape index (κ3) is 4.58. The number of halogens is 4. The molecule has 0 atom stereocenters. The van der Waals surface area contributed by atoms with Gasteiger partial charge in [-0.15, -0.1) is 0 Å². The first-order valence-electron chi connectivity index (χ1n) is 9.23. The van der Waals surface area contributed by atoms with Gasteiger partial charge >= 0.3 is 12.3 Å². The standard InChI is InChI=1S/C19H20ClF3N4O3/c1-4-5-18(6-7-18)30-17(28)27(13-8-14(29-3)24-9-11(13)2)16-25-10-12(15(20)26-16)19(21,22)23/h8-10H,4-7H2,1-3H3. The Bertz CT molecular complexity index is 951. The van der Waals surface area contributed by atoms with Crippen LogP contribution in [-0.4, -0.2) is 33.8 Å². The molecule has 162 valence electrons. The number of ether oxygens (including phenoxy) is 2. The summed E-state index contributed by atoms with van der Waals surface area (Å²) in [6.45, 7) is 3.65. The first-order valence-corrected chi connectivity index (χ1v) is 9.61. The number of methoxy groups -OCH3 is 1. The Kier molecular flexibility index (Phi) is 6.07. The third-order valence-corrected chi connectivity index (χ3v) is 5.02. The van der Waals surface area contributed by atoms with Gasteiger partial charge in [-0.25, -0.2) is 19.7 Å². The van der Waals surface area contributed by atoms with Crippen LogP contribution in [0.1, 0.15) is 43.7 Å². The van der Waals surface area contributed by atoms with Crippen molar-refractivity contribution in [1.29, 1.82) is 0 Å². The van der Waals surface area contributed by atoms with Gasteiger partial charge in [0.05, 0.1) is 12.8 Å². The minimum atomic E-state index is -4.73. The van der Waals surface area contributed by atoms with Gasteiger partial charge in [-0.2, -0.15) is 18.2 Å². The molecule has 0 saturated heterocycles. The molecule has 0 aromatic carbocycles. The number of anilines is 2. The minimum absolute atomic E-state index is 0.195. The molecule has 11 heteroatoms. The zero-order valence-electron chi connectivity index (χ0n) is 16.6. The fourth-order valence-electron chi connectivity index (χ4n) is 3.01. The van der Waals surface area contributed by atoms with Crippen molar-refractivity contribution in [2.24, 2.45) is 0 Å². The van der Waals surface area contributed by atoms with Gasteiger partial charge in [-0.05, 0) is 31.7 Å². The summed E-state index contributed by atoms with van der Waals surface area (Å²) in [6.07, 6.45) is -0.612. The summed E-state index contributed by atoms with van der Waals surface area (Å²) in [5, 5.41) is -0.821. The zero-order chi connectivity index (χ0) is 22.1. The molecule has 2 aromatic rings. The number of alkyl halides is 3. The Hall–Kier alpha value is -2.62. The molecule has 0 unspecified atom stereocenters. The molecule has 0 spiro atoms. The first kappa shape index (κ1) is 22.1. The topological polar surface area (TPSA) is 77.4 Å². The number of pyridine rings is 1. The third-order valence-electron chi connectivity index (χ3n) is 4.73. The fourth-order valence-corrected chi connectivity index (χ4v) is 3.25. The highest BCUT2D eigenvalue weighted by molar-refractivity contribution is 6.30. The lowest BCUT2D eigenvalue weighted by atomic mass is 10.2. The van der Waals surface area contributed by atoms with E-state index in [-0.39, 0.29) is 17.5 Å². The average Bonchev–Trinajstić information content (AvgIpc) is 3.41. The maximum absolute atomic E-state index is 13.1. The number of hydrogen-bond donors (Lipinski definition) is 0. The Morgan fingerprint density at radius 2 is 2.00 bits per heavy atom. The van der Waals surface area contributed by atoms with Crippen molar-refractivity contribution in [1.82, 2.24) is 15.0 Å². The van der Waals surface area contributed by atoms with Gasteiger partial charge in [0.25, 0.3) is 0 Å². The highest BCUT2D eigenvalue weighted by Crippen LogP contribution is 2.45. The molecular formula is C19H20ClF3N4O3.